The zero-order valence-corrected chi connectivity index (χ0v) is 9.93. The van der Waals surface area contributed by atoms with Gasteiger partial charge in [0.1, 0.15) is 0 Å². The second kappa shape index (κ2) is 3.94. The van der Waals surface area contributed by atoms with E-state index in [1.165, 1.54) is 5.56 Å². The normalized spacial score (nSPS) is 20.7. The van der Waals surface area contributed by atoms with E-state index in [-0.39, 0.29) is 5.91 Å². The molecule has 1 aromatic rings. The number of carbonyl (C=O) groups is 1. The first-order valence-corrected chi connectivity index (χ1v) is 6.09. The number of thiophene rings is 1. The summed E-state index contributed by atoms with van der Waals surface area (Å²) in [6.07, 6.45) is 0. The fourth-order valence-corrected chi connectivity index (χ4v) is 2.49. The molecule has 2 heterocycles. The van der Waals surface area contributed by atoms with Gasteiger partial charge in [0.2, 0.25) is 5.91 Å². The van der Waals surface area contributed by atoms with Crippen molar-refractivity contribution in [3.63, 3.8) is 0 Å². The lowest BCUT2D eigenvalue weighted by molar-refractivity contribution is -0.140. The Labute approximate surface area is 94.1 Å². The van der Waals surface area contributed by atoms with Crippen molar-refractivity contribution >= 4 is 17.2 Å². The molecule has 1 fully saturated rings. The third kappa shape index (κ3) is 2.21. The SMILES string of the molecule is CC1(C)NCCN(Cc2ccsc2)C1=O. The van der Waals surface area contributed by atoms with E-state index in [9.17, 15) is 4.79 Å². The van der Waals surface area contributed by atoms with Gasteiger partial charge in [0.05, 0.1) is 5.54 Å². The van der Waals surface area contributed by atoms with Gasteiger partial charge in [-0.05, 0) is 36.2 Å². The monoisotopic (exact) mass is 224 g/mol. The number of hydrogen-bond donors (Lipinski definition) is 1. The zero-order valence-electron chi connectivity index (χ0n) is 9.12. The maximum Gasteiger partial charge on any atom is 0.242 e. The highest BCUT2D eigenvalue weighted by molar-refractivity contribution is 7.07. The molecular weight excluding hydrogens is 208 g/mol. The topological polar surface area (TPSA) is 32.3 Å². The summed E-state index contributed by atoms with van der Waals surface area (Å²) in [5.41, 5.74) is 0.819. The van der Waals surface area contributed by atoms with E-state index >= 15 is 0 Å². The van der Waals surface area contributed by atoms with E-state index in [1.807, 2.05) is 24.1 Å². The average molecular weight is 224 g/mol. The predicted octanol–water partition coefficient (Wildman–Crippen LogP) is 1.46. The van der Waals surface area contributed by atoms with E-state index in [0.29, 0.717) is 0 Å². The van der Waals surface area contributed by atoms with E-state index < -0.39 is 5.54 Å². The number of carbonyl (C=O) groups excluding carboxylic acids is 1. The molecule has 1 N–H and O–H groups in total. The molecule has 0 spiro atoms. The molecule has 0 atom stereocenters. The molecule has 1 saturated heterocycles. The van der Waals surface area contributed by atoms with E-state index in [1.54, 1.807) is 11.3 Å². The van der Waals surface area contributed by atoms with Crippen molar-refractivity contribution in [2.45, 2.75) is 25.9 Å². The summed E-state index contributed by atoms with van der Waals surface area (Å²) in [5, 5.41) is 7.38. The molecule has 1 aliphatic rings. The molecule has 15 heavy (non-hydrogen) atoms. The second-order valence-corrected chi connectivity index (χ2v) is 5.19. The van der Waals surface area contributed by atoms with Gasteiger partial charge in [-0.15, -0.1) is 0 Å². The average Bonchev–Trinajstić information content (AvgIpc) is 2.65. The minimum atomic E-state index is -0.408. The van der Waals surface area contributed by atoms with Crippen molar-refractivity contribution in [2.24, 2.45) is 0 Å². The molecule has 2 rings (SSSR count). The lowest BCUT2D eigenvalue weighted by Crippen LogP contribution is -2.60. The molecule has 82 valence electrons. The Morgan fingerprint density at radius 2 is 2.40 bits per heavy atom. The highest BCUT2D eigenvalue weighted by Crippen LogP contribution is 2.16. The van der Waals surface area contributed by atoms with Crippen LogP contribution in [0.5, 0.6) is 0 Å². The molecule has 1 amide bonds. The van der Waals surface area contributed by atoms with Crippen LogP contribution in [0.2, 0.25) is 0 Å². The maximum absolute atomic E-state index is 12.0. The minimum Gasteiger partial charge on any atom is -0.335 e. The van der Waals surface area contributed by atoms with Gasteiger partial charge in [-0.2, -0.15) is 11.3 Å². The molecule has 1 aliphatic heterocycles. The van der Waals surface area contributed by atoms with Crippen LogP contribution in [0.3, 0.4) is 0 Å². The summed E-state index contributed by atoms with van der Waals surface area (Å²) in [4.78, 5) is 14.0. The first-order valence-electron chi connectivity index (χ1n) is 5.15. The Morgan fingerprint density at radius 3 is 3.07 bits per heavy atom. The van der Waals surface area contributed by atoms with Crippen LogP contribution in [0.4, 0.5) is 0 Å². The Kier molecular flexibility index (Phi) is 2.80. The van der Waals surface area contributed by atoms with Crippen LogP contribution in [0, 0.1) is 0 Å². The first-order chi connectivity index (χ1) is 7.09. The minimum absolute atomic E-state index is 0.194. The summed E-state index contributed by atoms with van der Waals surface area (Å²) in [7, 11) is 0. The van der Waals surface area contributed by atoms with E-state index in [0.717, 1.165) is 19.6 Å². The number of hydrogen-bond acceptors (Lipinski definition) is 3. The maximum atomic E-state index is 12.0. The number of amides is 1. The van der Waals surface area contributed by atoms with E-state index in [2.05, 4.69) is 16.8 Å². The third-order valence-corrected chi connectivity index (χ3v) is 3.46. The highest BCUT2D eigenvalue weighted by atomic mass is 32.1. The summed E-state index contributed by atoms with van der Waals surface area (Å²) >= 11 is 1.68. The molecular formula is C11H16N2OS. The third-order valence-electron chi connectivity index (χ3n) is 2.72. The summed E-state index contributed by atoms with van der Waals surface area (Å²) < 4.78 is 0. The van der Waals surface area contributed by atoms with Gasteiger partial charge >= 0.3 is 0 Å². The number of nitrogens with one attached hydrogen (secondary N) is 1. The van der Waals surface area contributed by atoms with Gasteiger partial charge in [0.15, 0.2) is 0 Å². The Bertz CT molecular complexity index is 345. The van der Waals surface area contributed by atoms with E-state index in [4.69, 9.17) is 0 Å². The standard InChI is InChI=1S/C11H16N2OS/c1-11(2)10(14)13(5-4-12-11)7-9-3-6-15-8-9/h3,6,8,12H,4-5,7H2,1-2H3. The van der Waals surface area contributed by atoms with Crippen molar-refractivity contribution < 1.29 is 4.79 Å². The van der Waals surface area contributed by atoms with Crippen molar-refractivity contribution in [3.05, 3.63) is 22.4 Å². The number of piperazine rings is 1. The molecule has 0 aromatic carbocycles. The molecule has 0 bridgehead atoms. The zero-order chi connectivity index (χ0) is 10.9. The van der Waals surface area contributed by atoms with Crippen LogP contribution in [-0.2, 0) is 11.3 Å². The largest absolute Gasteiger partial charge is 0.335 e. The number of rotatable bonds is 2. The van der Waals surface area contributed by atoms with Crippen LogP contribution in [-0.4, -0.2) is 29.4 Å². The Morgan fingerprint density at radius 1 is 1.60 bits per heavy atom. The lowest BCUT2D eigenvalue weighted by Gasteiger charge is -2.38. The van der Waals surface area contributed by atoms with Gasteiger partial charge < -0.3 is 10.2 Å². The fourth-order valence-electron chi connectivity index (χ4n) is 1.83. The van der Waals surface area contributed by atoms with Crippen LogP contribution < -0.4 is 5.32 Å². The van der Waals surface area contributed by atoms with Gasteiger partial charge in [-0.1, -0.05) is 0 Å². The molecule has 0 radical (unpaired) electrons. The quantitative estimate of drug-likeness (QED) is 0.825. The first kappa shape index (κ1) is 10.6. The van der Waals surface area contributed by atoms with Crippen LogP contribution in [0.15, 0.2) is 16.8 Å². The lowest BCUT2D eigenvalue weighted by atomic mass is 10.0. The predicted molar refractivity (Wildman–Crippen MR) is 61.8 cm³/mol. The fraction of sp³-hybridized carbons (Fsp3) is 0.545. The Hall–Kier alpha value is -0.870. The van der Waals surface area contributed by atoms with Crippen LogP contribution >= 0.6 is 11.3 Å². The molecule has 1 aromatic heterocycles. The number of nitrogens with zero attached hydrogens (tertiary/aromatic N) is 1. The van der Waals surface area contributed by atoms with Crippen molar-refractivity contribution in [3.8, 4) is 0 Å². The molecule has 4 heteroatoms. The van der Waals surface area contributed by atoms with Crippen LogP contribution in [0.25, 0.3) is 0 Å². The van der Waals surface area contributed by atoms with Crippen LogP contribution in [0.1, 0.15) is 19.4 Å². The molecule has 3 nitrogen and oxygen atoms in total. The molecule has 0 saturated carbocycles. The smallest absolute Gasteiger partial charge is 0.242 e. The van der Waals surface area contributed by atoms with Gasteiger partial charge in [-0.3, -0.25) is 4.79 Å². The second-order valence-electron chi connectivity index (χ2n) is 4.41. The van der Waals surface area contributed by atoms with Crippen molar-refractivity contribution in [2.75, 3.05) is 13.1 Å². The van der Waals surface area contributed by atoms with Gasteiger partial charge in [-0.25, -0.2) is 0 Å². The molecule has 0 aliphatic carbocycles. The molecule has 0 unspecified atom stereocenters. The van der Waals surface area contributed by atoms with Crippen molar-refractivity contribution in [1.29, 1.82) is 0 Å². The summed E-state index contributed by atoms with van der Waals surface area (Å²) in [5.74, 6) is 0.194. The summed E-state index contributed by atoms with van der Waals surface area (Å²) in [6, 6.07) is 2.08. The van der Waals surface area contributed by atoms with Gasteiger partial charge in [0, 0.05) is 19.6 Å². The van der Waals surface area contributed by atoms with Crippen molar-refractivity contribution in [1.82, 2.24) is 10.2 Å². The Balaban J connectivity index is 2.06. The van der Waals surface area contributed by atoms with Gasteiger partial charge in [0.25, 0.3) is 0 Å². The highest BCUT2D eigenvalue weighted by Gasteiger charge is 2.34. The summed E-state index contributed by atoms with van der Waals surface area (Å²) in [6.45, 7) is 6.30.